The first-order valence-electron chi connectivity index (χ1n) is 10.1. The Kier molecular flexibility index (Phi) is 7.21. The van der Waals surface area contributed by atoms with E-state index in [9.17, 15) is 14.3 Å². The van der Waals surface area contributed by atoms with Crippen LogP contribution in [0.4, 0.5) is 4.39 Å². The van der Waals surface area contributed by atoms with Crippen LogP contribution in [0.15, 0.2) is 59.0 Å². The molecule has 168 valence electrons. The van der Waals surface area contributed by atoms with Crippen LogP contribution in [-0.4, -0.2) is 46.4 Å². The minimum Gasteiger partial charge on any atom is -0.490 e. The molecule has 0 amide bonds. The van der Waals surface area contributed by atoms with Crippen molar-refractivity contribution in [2.75, 3.05) is 20.2 Å². The number of aliphatic carboxylic acids is 1. The summed E-state index contributed by atoms with van der Waals surface area (Å²) < 4.78 is 22.4. The summed E-state index contributed by atoms with van der Waals surface area (Å²) in [5.74, 6) is -1.68. The van der Waals surface area contributed by atoms with Gasteiger partial charge in [-0.1, -0.05) is 12.1 Å². The minimum atomic E-state index is -1.24. The molecule has 0 aliphatic carbocycles. The summed E-state index contributed by atoms with van der Waals surface area (Å²) in [7, 11) is 1.55. The second-order valence-corrected chi connectivity index (χ2v) is 7.16. The van der Waals surface area contributed by atoms with Crippen molar-refractivity contribution < 1.29 is 19.0 Å². The van der Waals surface area contributed by atoms with Crippen molar-refractivity contribution in [3.8, 4) is 16.9 Å². The molecule has 0 atom stereocenters. The fourth-order valence-corrected chi connectivity index (χ4v) is 3.44. The van der Waals surface area contributed by atoms with Gasteiger partial charge in [0.25, 0.3) is 0 Å². The lowest BCUT2D eigenvalue weighted by molar-refractivity contribution is -0.132. The quantitative estimate of drug-likeness (QED) is 0.347. The second kappa shape index (κ2) is 10.1. The van der Waals surface area contributed by atoms with Crippen molar-refractivity contribution in [1.82, 2.24) is 9.38 Å². The Hall–Kier alpha value is -3.72. The number of benzene rings is 1. The molecule has 0 saturated carbocycles. The molecular formula is C23H26FN5O3. The molecule has 2 aromatic heterocycles. The Labute approximate surface area is 185 Å². The maximum atomic E-state index is 14.7. The Morgan fingerprint density at radius 2 is 2.09 bits per heavy atom. The van der Waals surface area contributed by atoms with Crippen molar-refractivity contribution in [3.63, 3.8) is 0 Å². The van der Waals surface area contributed by atoms with Crippen LogP contribution in [0.25, 0.3) is 16.8 Å². The van der Waals surface area contributed by atoms with E-state index < -0.39 is 11.8 Å². The highest BCUT2D eigenvalue weighted by Crippen LogP contribution is 2.33. The van der Waals surface area contributed by atoms with E-state index in [0.29, 0.717) is 29.8 Å². The van der Waals surface area contributed by atoms with E-state index in [1.165, 1.54) is 6.07 Å². The number of aliphatic imine (C=N–C) groups is 1. The third kappa shape index (κ3) is 4.78. The van der Waals surface area contributed by atoms with Crippen LogP contribution in [-0.2, 0) is 11.2 Å². The van der Waals surface area contributed by atoms with Gasteiger partial charge in [0.15, 0.2) is 11.6 Å². The summed E-state index contributed by atoms with van der Waals surface area (Å²) in [6, 6.07) is 8.38. The molecule has 0 aliphatic rings. The molecular weight excluding hydrogens is 413 g/mol. The number of halogens is 1. The minimum absolute atomic E-state index is 0.0237. The molecule has 5 N–H and O–H groups in total. The summed E-state index contributed by atoms with van der Waals surface area (Å²) in [5.41, 5.74) is 15.0. The lowest BCUT2D eigenvalue weighted by atomic mass is 10.0. The highest BCUT2D eigenvalue weighted by Gasteiger charge is 2.16. The van der Waals surface area contributed by atoms with E-state index in [4.69, 9.17) is 16.2 Å². The van der Waals surface area contributed by atoms with E-state index in [1.54, 1.807) is 32.3 Å². The molecule has 1 aromatic carbocycles. The van der Waals surface area contributed by atoms with E-state index >= 15 is 0 Å². The number of ether oxygens (including phenoxy) is 1. The molecule has 0 fully saturated rings. The maximum Gasteiger partial charge on any atom is 0.352 e. The van der Waals surface area contributed by atoms with Gasteiger partial charge in [-0.15, -0.1) is 0 Å². The van der Waals surface area contributed by atoms with Crippen LogP contribution in [0.1, 0.15) is 19.0 Å². The first kappa shape index (κ1) is 23.0. The Morgan fingerprint density at radius 3 is 2.78 bits per heavy atom. The third-order valence-corrected chi connectivity index (χ3v) is 5.19. The molecule has 0 bridgehead atoms. The van der Waals surface area contributed by atoms with E-state index in [2.05, 4.69) is 9.98 Å². The third-order valence-electron chi connectivity index (χ3n) is 5.19. The first-order chi connectivity index (χ1) is 15.4. The Balaban J connectivity index is 1.92. The summed E-state index contributed by atoms with van der Waals surface area (Å²) in [5, 5.41) is 9.23. The number of pyridine rings is 1. The van der Waals surface area contributed by atoms with Gasteiger partial charge in [0, 0.05) is 60.4 Å². The number of rotatable bonds is 9. The van der Waals surface area contributed by atoms with Gasteiger partial charge in [-0.05, 0) is 31.7 Å². The Bertz CT molecular complexity index is 1200. The number of hydrogen-bond acceptors (Lipinski definition) is 6. The van der Waals surface area contributed by atoms with Gasteiger partial charge in [0.05, 0.1) is 6.61 Å². The largest absolute Gasteiger partial charge is 0.490 e. The van der Waals surface area contributed by atoms with Gasteiger partial charge in [-0.25, -0.2) is 14.2 Å². The molecule has 3 rings (SSSR count). The maximum absolute atomic E-state index is 14.7. The number of para-hydroxylation sites is 1. The van der Waals surface area contributed by atoms with E-state index in [1.807, 2.05) is 22.7 Å². The highest BCUT2D eigenvalue weighted by atomic mass is 19.1. The van der Waals surface area contributed by atoms with Crippen LogP contribution < -0.4 is 16.2 Å². The average Bonchev–Trinajstić information content (AvgIpc) is 3.19. The molecule has 0 radical (unpaired) electrons. The fraction of sp³-hybridized carbons (Fsp3) is 0.261. The summed E-state index contributed by atoms with van der Waals surface area (Å²) >= 11 is 0. The van der Waals surface area contributed by atoms with Gasteiger partial charge >= 0.3 is 5.97 Å². The SMILES string of the molecule is CN=C(C)/C(CCOc1c(F)cccc1-c1ccc2ncc(CCN)n2c1)=C(\N)C(=O)O. The van der Waals surface area contributed by atoms with Crippen molar-refractivity contribution >= 4 is 17.3 Å². The molecule has 8 nitrogen and oxygen atoms in total. The number of carbonyl (C=O) groups is 1. The number of carboxylic acid groups (broad SMARTS) is 1. The molecule has 9 heteroatoms. The molecule has 3 aromatic rings. The molecule has 0 saturated heterocycles. The van der Waals surface area contributed by atoms with Gasteiger partial charge in [0.2, 0.25) is 0 Å². The number of fused-ring (bicyclic) bond motifs is 1. The van der Waals surface area contributed by atoms with Crippen LogP contribution in [0.5, 0.6) is 5.75 Å². The topological polar surface area (TPSA) is 128 Å². The summed E-state index contributed by atoms with van der Waals surface area (Å²) in [6.45, 7) is 2.18. The molecule has 0 spiro atoms. The van der Waals surface area contributed by atoms with Crippen molar-refractivity contribution in [2.24, 2.45) is 16.5 Å². The number of hydrogen-bond donors (Lipinski definition) is 3. The predicted octanol–water partition coefficient (Wildman–Crippen LogP) is 2.80. The number of nitrogens with zero attached hydrogens (tertiary/aromatic N) is 3. The first-order valence-corrected chi connectivity index (χ1v) is 10.1. The van der Waals surface area contributed by atoms with Gasteiger partial charge in [-0.3, -0.25) is 4.99 Å². The van der Waals surface area contributed by atoms with Crippen molar-refractivity contribution in [2.45, 2.75) is 19.8 Å². The smallest absolute Gasteiger partial charge is 0.352 e. The van der Waals surface area contributed by atoms with E-state index in [0.717, 1.165) is 16.9 Å². The van der Waals surface area contributed by atoms with Crippen molar-refractivity contribution in [1.29, 1.82) is 0 Å². The molecule has 32 heavy (non-hydrogen) atoms. The monoisotopic (exact) mass is 439 g/mol. The number of imidazole rings is 1. The summed E-state index contributed by atoms with van der Waals surface area (Å²) in [6.07, 6.45) is 4.47. The molecule has 0 aliphatic heterocycles. The Morgan fingerprint density at radius 1 is 1.31 bits per heavy atom. The zero-order valence-electron chi connectivity index (χ0n) is 18.0. The lowest BCUT2D eigenvalue weighted by Gasteiger charge is -2.15. The molecule has 0 unspecified atom stereocenters. The average molecular weight is 439 g/mol. The zero-order valence-corrected chi connectivity index (χ0v) is 18.0. The van der Waals surface area contributed by atoms with Crippen LogP contribution in [0.3, 0.4) is 0 Å². The molecule has 2 heterocycles. The summed E-state index contributed by atoms with van der Waals surface area (Å²) in [4.78, 5) is 19.7. The van der Waals surface area contributed by atoms with Gasteiger partial charge in [0.1, 0.15) is 11.3 Å². The van der Waals surface area contributed by atoms with Crippen LogP contribution >= 0.6 is 0 Å². The number of aromatic nitrogens is 2. The van der Waals surface area contributed by atoms with Crippen LogP contribution in [0.2, 0.25) is 0 Å². The lowest BCUT2D eigenvalue weighted by Crippen LogP contribution is -2.18. The predicted molar refractivity (Wildman–Crippen MR) is 121 cm³/mol. The normalized spacial score (nSPS) is 12.7. The zero-order chi connectivity index (χ0) is 23.3. The standard InChI is InChI=1S/C23H26FN5O3/c1-14(27-2)17(21(26)23(30)31)9-11-32-22-18(4-3-5-19(22)24)15-6-7-20-28-12-16(8-10-25)29(20)13-15/h3-7,12-13H,8-11,25-26H2,1-2H3,(H,30,31)/b21-17-,27-14?. The van der Waals surface area contributed by atoms with Gasteiger partial charge < -0.3 is 25.7 Å². The number of carboxylic acids is 1. The van der Waals surface area contributed by atoms with Crippen molar-refractivity contribution in [3.05, 3.63) is 65.5 Å². The second-order valence-electron chi connectivity index (χ2n) is 7.16. The van der Waals surface area contributed by atoms with E-state index in [-0.39, 0.29) is 24.5 Å². The van der Waals surface area contributed by atoms with Gasteiger partial charge in [-0.2, -0.15) is 0 Å². The number of nitrogens with two attached hydrogens (primary N) is 2. The fourth-order valence-electron chi connectivity index (χ4n) is 3.44. The highest BCUT2D eigenvalue weighted by molar-refractivity contribution is 6.04. The van der Waals surface area contributed by atoms with Crippen LogP contribution in [0, 0.1) is 5.82 Å².